The quantitative estimate of drug-likeness (QED) is 0.649. The predicted octanol–water partition coefficient (Wildman–Crippen LogP) is 4.63. The Morgan fingerprint density at radius 2 is 1.25 bits per heavy atom. The van der Waals surface area contributed by atoms with Crippen LogP contribution < -0.4 is 4.74 Å². The molecule has 0 spiro atoms. The van der Waals surface area contributed by atoms with Gasteiger partial charge in [-0.1, -0.05) is 41.5 Å². The van der Waals surface area contributed by atoms with Gasteiger partial charge in [0.1, 0.15) is 5.75 Å². The number of methoxy groups -OCH3 is 1. The van der Waals surface area contributed by atoms with Crippen molar-refractivity contribution in [3.05, 3.63) is 21.9 Å². The second-order valence-electron chi connectivity index (χ2n) is 6.23. The second-order valence-corrected chi connectivity index (χ2v) is 7.31. The summed E-state index contributed by atoms with van der Waals surface area (Å²) in [7, 11) is 1.74. The summed E-state index contributed by atoms with van der Waals surface area (Å²) in [6, 6.07) is 4.31. The molecule has 1 nitrogen and oxygen atoms in total. The summed E-state index contributed by atoms with van der Waals surface area (Å²) in [6.07, 6.45) is 0. The topological polar surface area (TPSA) is 9.23 Å². The highest BCUT2D eigenvalue weighted by molar-refractivity contribution is 7.12. The average molecular weight is 239 g/mol. The molecule has 1 aromatic rings. The van der Waals surface area contributed by atoms with Gasteiger partial charge < -0.3 is 4.74 Å². The molecule has 1 heterocycles. The Balaban J connectivity index is 3.33. The van der Waals surface area contributed by atoms with E-state index in [1.807, 2.05) is 11.3 Å². The van der Waals surface area contributed by atoms with Crippen LogP contribution in [0, 0.1) is 0 Å². The first-order valence-electron chi connectivity index (χ1n) is 5.68. The van der Waals surface area contributed by atoms with Gasteiger partial charge in [0.2, 0.25) is 21.1 Å². The van der Waals surface area contributed by atoms with Crippen molar-refractivity contribution in [2.45, 2.75) is 52.4 Å². The maximum atomic E-state index is 5.39. The van der Waals surface area contributed by atoms with Crippen LogP contribution in [-0.4, -0.2) is 7.11 Å². The standard InChI is InChI=1S/C14H23OS/c1-13(2,3)11-8-10(15-7)9-12(16-11)14(4,5)6/h8-9H,1-7H3/q+1. The van der Waals surface area contributed by atoms with Crippen LogP contribution in [-0.2, 0) is 10.8 Å². The summed E-state index contributed by atoms with van der Waals surface area (Å²) in [6.45, 7) is 13.4. The number of rotatable bonds is 1. The Bertz CT molecular complexity index is 337. The zero-order valence-electron chi connectivity index (χ0n) is 11.5. The fourth-order valence-electron chi connectivity index (χ4n) is 1.33. The largest absolute Gasteiger partial charge is 0.496 e. The van der Waals surface area contributed by atoms with Crippen molar-refractivity contribution in [3.63, 3.8) is 0 Å². The van der Waals surface area contributed by atoms with Gasteiger partial charge in [-0.3, -0.25) is 0 Å². The van der Waals surface area contributed by atoms with E-state index in [2.05, 4.69) is 53.7 Å². The van der Waals surface area contributed by atoms with E-state index in [1.54, 1.807) is 7.11 Å². The lowest BCUT2D eigenvalue weighted by Crippen LogP contribution is -2.14. The monoisotopic (exact) mass is 239 g/mol. The highest BCUT2D eigenvalue weighted by Crippen LogP contribution is 2.37. The van der Waals surface area contributed by atoms with Crippen LogP contribution in [0.25, 0.3) is 0 Å². The molecule has 0 aliphatic carbocycles. The third-order valence-electron chi connectivity index (χ3n) is 2.48. The minimum atomic E-state index is 0.180. The van der Waals surface area contributed by atoms with E-state index in [9.17, 15) is 0 Å². The first kappa shape index (κ1) is 13.4. The number of ether oxygens (including phenoxy) is 1. The van der Waals surface area contributed by atoms with Gasteiger partial charge in [0, 0.05) is 23.0 Å². The summed E-state index contributed by atoms with van der Waals surface area (Å²) in [5, 5.41) is 0. The summed E-state index contributed by atoms with van der Waals surface area (Å²) in [5.74, 6) is 0.966. The molecule has 0 fully saturated rings. The molecule has 0 radical (unpaired) electrons. The SMILES string of the molecule is COc1cc(C(C)(C)C)[s+]c(C(C)(C)C)c1. The zero-order valence-corrected chi connectivity index (χ0v) is 12.3. The molecule has 90 valence electrons. The molecule has 1 rings (SSSR count). The van der Waals surface area contributed by atoms with Gasteiger partial charge >= 0.3 is 0 Å². The summed E-state index contributed by atoms with van der Waals surface area (Å²) in [4.78, 5) is 2.74. The van der Waals surface area contributed by atoms with E-state index in [-0.39, 0.29) is 10.8 Å². The van der Waals surface area contributed by atoms with Gasteiger partial charge in [0.25, 0.3) is 0 Å². The van der Waals surface area contributed by atoms with Crippen LogP contribution >= 0.6 is 11.3 Å². The third kappa shape index (κ3) is 3.18. The van der Waals surface area contributed by atoms with Crippen LogP contribution in [0.2, 0.25) is 0 Å². The molecule has 0 saturated carbocycles. The first-order chi connectivity index (χ1) is 7.14. The van der Waals surface area contributed by atoms with Crippen molar-refractivity contribution >= 4 is 11.3 Å². The molecule has 0 unspecified atom stereocenters. The lowest BCUT2D eigenvalue weighted by Gasteiger charge is -2.16. The molecule has 0 bridgehead atoms. The lowest BCUT2D eigenvalue weighted by atomic mass is 9.93. The highest BCUT2D eigenvalue weighted by Gasteiger charge is 2.32. The fraction of sp³-hybridized carbons (Fsp3) is 0.643. The Hall–Kier alpha value is -0.630. The molecule has 0 atom stereocenters. The zero-order chi connectivity index (χ0) is 12.6. The van der Waals surface area contributed by atoms with Crippen LogP contribution in [0.4, 0.5) is 0 Å². The molecule has 16 heavy (non-hydrogen) atoms. The fourth-order valence-corrected chi connectivity index (χ4v) is 2.53. The maximum absolute atomic E-state index is 5.39. The van der Waals surface area contributed by atoms with Crippen LogP contribution in [0.15, 0.2) is 12.1 Å². The predicted molar refractivity (Wildman–Crippen MR) is 72.7 cm³/mol. The van der Waals surface area contributed by atoms with Gasteiger partial charge in [-0.25, -0.2) is 0 Å². The molecule has 2 heteroatoms. The lowest BCUT2D eigenvalue weighted by molar-refractivity contribution is 0.412. The molecule has 0 aliphatic rings. The van der Waals surface area contributed by atoms with E-state index in [0.717, 1.165) is 5.75 Å². The summed E-state index contributed by atoms with van der Waals surface area (Å²) >= 11 is 1.89. The Kier molecular flexibility index (Phi) is 3.63. The van der Waals surface area contributed by atoms with E-state index in [0.29, 0.717) is 0 Å². The molecule has 0 aromatic carbocycles. The Labute approximate surface area is 103 Å². The van der Waals surface area contributed by atoms with Crippen molar-refractivity contribution in [3.8, 4) is 5.75 Å². The van der Waals surface area contributed by atoms with E-state index in [1.165, 1.54) is 9.75 Å². The van der Waals surface area contributed by atoms with Gasteiger partial charge in [0.05, 0.1) is 7.11 Å². The van der Waals surface area contributed by atoms with Crippen molar-refractivity contribution in [2.75, 3.05) is 7.11 Å². The van der Waals surface area contributed by atoms with E-state index >= 15 is 0 Å². The molecular weight excluding hydrogens is 216 g/mol. The molecule has 1 aromatic heterocycles. The smallest absolute Gasteiger partial charge is 0.219 e. The Morgan fingerprint density at radius 3 is 1.50 bits per heavy atom. The normalized spacial score (nSPS) is 12.7. The highest BCUT2D eigenvalue weighted by atomic mass is 32.1. The first-order valence-corrected chi connectivity index (χ1v) is 6.49. The van der Waals surface area contributed by atoms with E-state index < -0.39 is 0 Å². The van der Waals surface area contributed by atoms with Gasteiger partial charge in [0.15, 0.2) is 0 Å². The average Bonchev–Trinajstić information content (AvgIpc) is 2.14. The number of hydrogen-bond acceptors (Lipinski definition) is 1. The van der Waals surface area contributed by atoms with Crippen molar-refractivity contribution < 1.29 is 4.74 Å². The van der Waals surface area contributed by atoms with Crippen LogP contribution in [0.5, 0.6) is 5.75 Å². The summed E-state index contributed by atoms with van der Waals surface area (Å²) in [5.41, 5.74) is 0.360. The molecule has 0 N–H and O–H groups in total. The van der Waals surface area contributed by atoms with Crippen LogP contribution in [0.3, 0.4) is 0 Å². The Morgan fingerprint density at radius 1 is 0.875 bits per heavy atom. The molecule has 0 saturated heterocycles. The minimum absolute atomic E-state index is 0.180. The van der Waals surface area contributed by atoms with Crippen LogP contribution in [0.1, 0.15) is 51.3 Å². The second kappa shape index (κ2) is 4.33. The van der Waals surface area contributed by atoms with Crippen molar-refractivity contribution in [2.24, 2.45) is 0 Å². The summed E-state index contributed by atoms with van der Waals surface area (Å²) < 4.78 is 5.39. The molecule has 0 amide bonds. The minimum Gasteiger partial charge on any atom is -0.496 e. The van der Waals surface area contributed by atoms with Gasteiger partial charge in [-0.05, 0) is 0 Å². The van der Waals surface area contributed by atoms with E-state index in [4.69, 9.17) is 4.74 Å². The van der Waals surface area contributed by atoms with Crippen molar-refractivity contribution in [1.29, 1.82) is 0 Å². The maximum Gasteiger partial charge on any atom is 0.219 e. The van der Waals surface area contributed by atoms with Gasteiger partial charge in [-0.2, -0.15) is 0 Å². The van der Waals surface area contributed by atoms with Crippen molar-refractivity contribution in [1.82, 2.24) is 0 Å². The van der Waals surface area contributed by atoms with Gasteiger partial charge in [-0.15, -0.1) is 0 Å². The molecule has 0 aliphatic heterocycles. The third-order valence-corrected chi connectivity index (χ3v) is 4.38. The molecular formula is C14H23OS+. The number of hydrogen-bond donors (Lipinski definition) is 0.